The maximum atomic E-state index is 13.2. The number of ketones is 1. The van der Waals surface area contributed by atoms with E-state index in [9.17, 15) is 27.9 Å². The van der Waals surface area contributed by atoms with Gasteiger partial charge in [0.2, 0.25) is 0 Å². The second-order valence-electron chi connectivity index (χ2n) is 9.48. The second-order valence-corrected chi connectivity index (χ2v) is 9.92. The Labute approximate surface area is 241 Å². The molecule has 5 rings (SSSR count). The minimum absolute atomic E-state index is 0.00424. The van der Waals surface area contributed by atoms with Crippen molar-refractivity contribution in [2.75, 3.05) is 0 Å². The molecule has 216 valence electrons. The first-order valence-corrected chi connectivity index (χ1v) is 13.0. The van der Waals surface area contributed by atoms with Gasteiger partial charge in [-0.15, -0.1) is 10.2 Å². The Morgan fingerprint density at radius 2 is 1.74 bits per heavy atom. The number of aromatic nitrogens is 7. The Morgan fingerprint density at radius 3 is 2.43 bits per heavy atom. The van der Waals surface area contributed by atoms with E-state index in [-0.39, 0.29) is 30.4 Å². The van der Waals surface area contributed by atoms with Crippen molar-refractivity contribution in [3.8, 4) is 17.1 Å². The summed E-state index contributed by atoms with van der Waals surface area (Å²) < 4.78 is 42.5. The van der Waals surface area contributed by atoms with Gasteiger partial charge in [-0.2, -0.15) is 13.2 Å². The molecule has 1 N–H and O–H groups in total. The van der Waals surface area contributed by atoms with Crippen LogP contribution in [0.2, 0.25) is 5.02 Å². The Morgan fingerprint density at radius 1 is 1.02 bits per heavy atom. The van der Waals surface area contributed by atoms with Gasteiger partial charge in [0.25, 0.3) is 0 Å². The maximum Gasteiger partial charge on any atom is 0.416 e. The Bertz CT molecular complexity index is 1780. The van der Waals surface area contributed by atoms with Crippen molar-refractivity contribution in [3.05, 3.63) is 111 Å². The zero-order chi connectivity index (χ0) is 30.0. The summed E-state index contributed by atoms with van der Waals surface area (Å²) in [5, 5.41) is 18.7. The van der Waals surface area contributed by atoms with E-state index in [0.717, 1.165) is 14.8 Å². The first kappa shape index (κ1) is 28.9. The largest absolute Gasteiger partial charge is 0.416 e. The van der Waals surface area contributed by atoms with E-state index >= 15 is 0 Å². The summed E-state index contributed by atoms with van der Waals surface area (Å²) in [7, 11) is 0. The molecule has 42 heavy (non-hydrogen) atoms. The number of benzene rings is 2. The average Bonchev–Trinajstić information content (AvgIpc) is 3.54. The number of rotatable bonds is 9. The number of nitrogens with zero attached hydrogens (tertiary/aromatic N) is 7. The molecule has 0 aliphatic heterocycles. The summed E-state index contributed by atoms with van der Waals surface area (Å²) in [6, 6.07) is 16.6. The average molecular weight is 598 g/mol. The Balaban J connectivity index is 1.43. The van der Waals surface area contributed by atoms with Gasteiger partial charge in [0.15, 0.2) is 23.5 Å². The van der Waals surface area contributed by atoms with Crippen molar-refractivity contribution in [3.63, 3.8) is 0 Å². The molecule has 3 aromatic heterocycles. The summed E-state index contributed by atoms with van der Waals surface area (Å²) >= 11 is 5.93. The molecule has 0 aliphatic rings. The number of pyridine rings is 1. The van der Waals surface area contributed by atoms with E-state index in [1.807, 2.05) is 19.1 Å². The lowest BCUT2D eigenvalue weighted by Gasteiger charge is -2.15. The van der Waals surface area contributed by atoms with Gasteiger partial charge in [0, 0.05) is 22.3 Å². The lowest BCUT2D eigenvalue weighted by atomic mass is 10.0. The molecule has 2 aromatic carbocycles. The predicted molar refractivity (Wildman–Crippen MR) is 146 cm³/mol. The van der Waals surface area contributed by atoms with Crippen molar-refractivity contribution in [2.24, 2.45) is 0 Å². The van der Waals surface area contributed by atoms with Crippen molar-refractivity contribution in [1.29, 1.82) is 0 Å². The van der Waals surface area contributed by atoms with Crippen LogP contribution in [0.5, 0.6) is 0 Å². The van der Waals surface area contributed by atoms with Crippen LogP contribution in [-0.4, -0.2) is 57.3 Å². The number of alkyl halides is 3. The first-order valence-electron chi connectivity index (χ1n) is 12.6. The molecule has 1 atom stereocenters. The number of aliphatic hydroxyl groups excluding tert-OH is 1. The molecule has 5 aromatic rings. The van der Waals surface area contributed by atoms with Crippen molar-refractivity contribution >= 4 is 17.4 Å². The highest BCUT2D eigenvalue weighted by Crippen LogP contribution is 2.24. The van der Waals surface area contributed by atoms with Crippen LogP contribution in [0.3, 0.4) is 0 Å². The quantitative estimate of drug-likeness (QED) is 0.255. The number of carbonyl (C=O) groups is 1. The number of hydrogen-bond acceptors (Lipinski definition) is 7. The number of hydrogen-bond donors (Lipinski definition) is 1. The Hall–Kier alpha value is -4.62. The van der Waals surface area contributed by atoms with Crippen molar-refractivity contribution in [1.82, 2.24) is 34.1 Å². The fourth-order valence-electron chi connectivity index (χ4n) is 4.19. The van der Waals surface area contributed by atoms with Gasteiger partial charge in [-0.3, -0.25) is 14.3 Å². The third kappa shape index (κ3) is 6.31. The molecular weight excluding hydrogens is 575 g/mol. The molecule has 0 aliphatic carbocycles. The van der Waals surface area contributed by atoms with E-state index in [1.165, 1.54) is 35.3 Å². The minimum Gasteiger partial charge on any atom is -0.382 e. The van der Waals surface area contributed by atoms with Crippen LogP contribution >= 0.6 is 11.6 Å². The summed E-state index contributed by atoms with van der Waals surface area (Å²) in [4.78, 5) is 34.6. The lowest BCUT2D eigenvalue weighted by Crippen LogP contribution is -2.37. The van der Waals surface area contributed by atoms with Crippen molar-refractivity contribution in [2.45, 2.75) is 38.7 Å². The van der Waals surface area contributed by atoms with E-state index in [1.54, 1.807) is 30.5 Å². The summed E-state index contributed by atoms with van der Waals surface area (Å²) in [6.45, 7) is 0.589. The summed E-state index contributed by atoms with van der Waals surface area (Å²) in [5.41, 5.74) is 1.93. The molecule has 0 unspecified atom stereocenters. The number of halogens is 4. The molecule has 0 amide bonds. The third-order valence-electron chi connectivity index (χ3n) is 6.40. The highest BCUT2D eigenvalue weighted by molar-refractivity contribution is 6.30. The number of aryl methyl sites for hydroxylation is 1. The number of carbonyl (C=O) groups excluding carboxylic acids is 1. The molecule has 3 heterocycles. The fourth-order valence-corrected chi connectivity index (χ4v) is 4.31. The van der Waals surface area contributed by atoms with E-state index < -0.39 is 24.5 Å². The van der Waals surface area contributed by atoms with E-state index in [2.05, 4.69) is 20.2 Å². The van der Waals surface area contributed by atoms with Crippen LogP contribution in [0, 0.1) is 6.92 Å². The summed E-state index contributed by atoms with van der Waals surface area (Å²) in [5.74, 6) is -0.104. The highest BCUT2D eigenvalue weighted by Gasteiger charge is 2.39. The lowest BCUT2D eigenvalue weighted by molar-refractivity contribution is -0.207. The van der Waals surface area contributed by atoms with Gasteiger partial charge in [0.05, 0.1) is 24.3 Å². The molecule has 0 radical (unpaired) electrons. The van der Waals surface area contributed by atoms with Crippen LogP contribution in [-0.2, 0) is 19.5 Å². The van der Waals surface area contributed by atoms with Crippen LogP contribution in [0.15, 0.2) is 78.0 Å². The highest BCUT2D eigenvalue weighted by atomic mass is 35.5. The van der Waals surface area contributed by atoms with Crippen molar-refractivity contribution < 1.29 is 23.1 Å². The third-order valence-corrected chi connectivity index (χ3v) is 6.66. The van der Waals surface area contributed by atoms with E-state index in [0.29, 0.717) is 27.5 Å². The molecule has 0 fully saturated rings. The first-order chi connectivity index (χ1) is 20.0. The zero-order valence-electron chi connectivity index (χ0n) is 22.0. The molecule has 0 saturated carbocycles. The second kappa shape index (κ2) is 11.7. The van der Waals surface area contributed by atoms with Gasteiger partial charge in [-0.05, 0) is 43.3 Å². The van der Waals surface area contributed by atoms with Gasteiger partial charge in [0.1, 0.15) is 12.9 Å². The molecule has 10 nitrogen and oxygen atoms in total. The maximum absolute atomic E-state index is 13.2. The van der Waals surface area contributed by atoms with E-state index in [4.69, 9.17) is 11.6 Å². The van der Waals surface area contributed by atoms with Gasteiger partial charge in [-0.1, -0.05) is 41.4 Å². The summed E-state index contributed by atoms with van der Waals surface area (Å²) in [6.07, 6.45) is -4.80. The fraction of sp³-hybridized carbons (Fsp3) is 0.214. The van der Waals surface area contributed by atoms with Crippen LogP contribution in [0.25, 0.3) is 17.1 Å². The smallest absolute Gasteiger partial charge is 0.382 e. The minimum atomic E-state index is -4.94. The SMILES string of the molecule is Cc1ccc(C(=O)Cc2ncccc2-n2cnc(Cn3nc(-c4ccc(Cl)cc4)n(C[C@H](O)C(F)(F)F)c3=O)n2)cc1. The monoisotopic (exact) mass is 597 g/mol. The number of aliphatic hydroxyl groups is 1. The Kier molecular flexibility index (Phi) is 8.05. The predicted octanol–water partition coefficient (Wildman–Crippen LogP) is 4.05. The van der Waals surface area contributed by atoms with Gasteiger partial charge in [-0.25, -0.2) is 19.1 Å². The van der Waals surface area contributed by atoms with Crippen LogP contribution in [0.1, 0.15) is 27.4 Å². The zero-order valence-corrected chi connectivity index (χ0v) is 22.8. The van der Waals surface area contributed by atoms with Crippen LogP contribution < -0.4 is 5.69 Å². The molecule has 14 heteroatoms. The molecule has 0 bridgehead atoms. The topological polar surface area (TPSA) is 121 Å². The standard InChI is InChI=1S/C28H23ClF3N7O3/c1-17-4-6-18(7-5-17)23(40)13-21-22(3-2-12-33-21)39-16-34-25(35-39)15-38-27(42)37(14-24(41)28(30,31)32)26(36-38)19-8-10-20(29)11-9-19/h2-12,16,24,41H,13-15H2,1H3/t24-/m0/s1. The van der Waals surface area contributed by atoms with Gasteiger partial charge >= 0.3 is 11.9 Å². The molecule has 0 spiro atoms. The normalized spacial score (nSPS) is 12.4. The molecular formula is C28H23ClF3N7O3. The molecule has 0 saturated heterocycles. The number of Topliss-reactive ketones (excluding diaryl/α,β-unsaturated/α-hetero) is 1. The van der Waals surface area contributed by atoms with Gasteiger partial charge < -0.3 is 5.11 Å². The van der Waals surface area contributed by atoms with Crippen LogP contribution in [0.4, 0.5) is 13.2 Å².